The van der Waals surface area contributed by atoms with Gasteiger partial charge in [0.25, 0.3) is 0 Å². The van der Waals surface area contributed by atoms with Gasteiger partial charge in [-0.2, -0.15) is 4.99 Å². The largest absolute Gasteiger partial charge is 0.218 e. The van der Waals surface area contributed by atoms with Gasteiger partial charge in [-0.3, -0.25) is 0 Å². The van der Waals surface area contributed by atoms with Crippen molar-refractivity contribution in [3.63, 3.8) is 0 Å². The lowest BCUT2D eigenvalue weighted by molar-refractivity contribution is 0.614. The van der Waals surface area contributed by atoms with Gasteiger partial charge in [0.2, 0.25) is 0 Å². The van der Waals surface area contributed by atoms with Crippen LogP contribution < -0.4 is 0 Å². The molecule has 1 aliphatic heterocycles. The first kappa shape index (κ1) is 4.22. The lowest BCUT2D eigenvalue weighted by atomic mass is 10.5. The van der Waals surface area contributed by atoms with Gasteiger partial charge in [0.1, 0.15) is 12.4 Å². The molecule has 0 unspecified atom stereocenters. The van der Waals surface area contributed by atoms with Crippen LogP contribution in [0, 0.1) is 0 Å². The standard InChI is InChI=1S/C4H3FN2/c5-4-1-6-3-7-2-4/h1H,2H2. The van der Waals surface area contributed by atoms with Crippen molar-refractivity contribution in [1.82, 2.24) is 0 Å². The van der Waals surface area contributed by atoms with Crippen molar-refractivity contribution in [1.29, 1.82) is 0 Å². The number of halogens is 1. The Morgan fingerprint density at radius 2 is 2.71 bits per heavy atom. The van der Waals surface area contributed by atoms with Gasteiger partial charge in [0.05, 0.1) is 12.2 Å². The highest BCUT2D eigenvalue weighted by Gasteiger charge is 1.90. The van der Waals surface area contributed by atoms with Crippen LogP contribution in [0.2, 0.25) is 0 Å². The Morgan fingerprint density at radius 3 is 3.00 bits per heavy atom. The molecule has 0 aromatic heterocycles. The number of nitrogens with zero attached hydrogens (tertiary/aromatic N) is 2. The summed E-state index contributed by atoms with van der Waals surface area (Å²) < 4.78 is 11.8. The van der Waals surface area contributed by atoms with E-state index in [9.17, 15) is 4.39 Å². The number of hydrogen-bond acceptors (Lipinski definition) is 2. The maximum Gasteiger partial charge on any atom is 0.141 e. The fraction of sp³-hybridized carbons (Fsp3) is 0.250. The first-order chi connectivity index (χ1) is 3.39. The topological polar surface area (TPSA) is 24.7 Å². The van der Waals surface area contributed by atoms with E-state index in [0.717, 1.165) is 6.20 Å². The zero-order chi connectivity index (χ0) is 5.11. The third-order valence-electron chi connectivity index (χ3n) is 0.563. The molecule has 3 heteroatoms. The van der Waals surface area contributed by atoms with Gasteiger partial charge in [-0.1, -0.05) is 0 Å². The van der Waals surface area contributed by atoms with E-state index in [1.54, 1.807) is 0 Å². The van der Waals surface area contributed by atoms with Gasteiger partial charge >= 0.3 is 0 Å². The van der Waals surface area contributed by atoms with Crippen molar-refractivity contribution >= 4 is 6.01 Å². The molecule has 1 rings (SSSR count). The van der Waals surface area contributed by atoms with E-state index in [4.69, 9.17) is 0 Å². The highest BCUT2D eigenvalue weighted by atomic mass is 19.1. The van der Waals surface area contributed by atoms with Crippen LogP contribution in [0.1, 0.15) is 0 Å². The van der Waals surface area contributed by atoms with Gasteiger partial charge in [-0.15, -0.1) is 0 Å². The fourth-order valence-electron chi connectivity index (χ4n) is 0.291. The molecule has 2 nitrogen and oxygen atoms in total. The van der Waals surface area contributed by atoms with Crippen LogP contribution in [0.15, 0.2) is 22.0 Å². The third kappa shape index (κ3) is 0.945. The minimum absolute atomic E-state index is 0.101. The molecule has 7 heavy (non-hydrogen) atoms. The minimum Gasteiger partial charge on any atom is -0.218 e. The Balaban J connectivity index is 2.77. The lowest BCUT2D eigenvalue weighted by Gasteiger charge is -1.86. The van der Waals surface area contributed by atoms with Crippen LogP contribution in [0.25, 0.3) is 0 Å². The second kappa shape index (κ2) is 1.67. The smallest absolute Gasteiger partial charge is 0.141 e. The average Bonchev–Trinajstić information content (AvgIpc) is 1.69. The van der Waals surface area contributed by atoms with Crippen molar-refractivity contribution in [2.24, 2.45) is 9.98 Å². The van der Waals surface area contributed by atoms with Gasteiger partial charge < -0.3 is 0 Å². The van der Waals surface area contributed by atoms with Crippen molar-refractivity contribution < 1.29 is 4.39 Å². The predicted molar refractivity (Wildman–Crippen MR) is 23.9 cm³/mol. The summed E-state index contributed by atoms with van der Waals surface area (Å²) in [5.41, 5.74) is 0. The number of rotatable bonds is 0. The van der Waals surface area contributed by atoms with Crippen LogP contribution in [0.3, 0.4) is 0 Å². The molecule has 1 aliphatic rings. The summed E-state index contributed by atoms with van der Waals surface area (Å²) in [5.74, 6) is -0.307. The molecular formula is C4H3FN2. The van der Waals surface area contributed by atoms with Crippen LogP contribution in [0.5, 0.6) is 0 Å². The summed E-state index contributed by atoms with van der Waals surface area (Å²) >= 11 is 0. The fourth-order valence-corrected chi connectivity index (χ4v) is 0.291. The van der Waals surface area contributed by atoms with Crippen LogP contribution in [-0.4, -0.2) is 12.6 Å². The average molecular weight is 98.1 g/mol. The first-order valence-corrected chi connectivity index (χ1v) is 1.85. The van der Waals surface area contributed by atoms with E-state index in [-0.39, 0.29) is 12.4 Å². The highest BCUT2D eigenvalue weighted by molar-refractivity contribution is 5.44. The van der Waals surface area contributed by atoms with Gasteiger partial charge in [-0.25, -0.2) is 9.38 Å². The zero-order valence-corrected chi connectivity index (χ0v) is 3.56. The van der Waals surface area contributed by atoms with Crippen molar-refractivity contribution in [3.05, 3.63) is 12.0 Å². The molecule has 0 bridgehead atoms. The van der Waals surface area contributed by atoms with Crippen molar-refractivity contribution in [2.75, 3.05) is 6.54 Å². The highest BCUT2D eigenvalue weighted by Crippen LogP contribution is 1.97. The molecule has 0 fully saturated rings. The molecule has 0 radical (unpaired) electrons. The summed E-state index contributed by atoms with van der Waals surface area (Å²) in [4.78, 5) is 6.70. The molecule has 0 amide bonds. The molecule has 1 heterocycles. The Morgan fingerprint density at radius 1 is 1.86 bits per heavy atom. The molecule has 0 saturated heterocycles. The van der Waals surface area contributed by atoms with E-state index in [1.807, 2.05) is 0 Å². The molecule has 0 aliphatic carbocycles. The van der Waals surface area contributed by atoms with E-state index in [2.05, 4.69) is 16.0 Å². The normalized spacial score (nSPS) is 17.0. The predicted octanol–water partition coefficient (Wildman–Crippen LogP) is 0.985. The second-order valence-electron chi connectivity index (χ2n) is 1.12. The Bertz CT molecular complexity index is 153. The molecule has 0 aromatic rings. The van der Waals surface area contributed by atoms with Gasteiger partial charge in [-0.05, 0) is 0 Å². The molecular weight excluding hydrogens is 95.1 g/mol. The monoisotopic (exact) mass is 98.0 g/mol. The zero-order valence-electron chi connectivity index (χ0n) is 3.56. The van der Waals surface area contributed by atoms with Crippen LogP contribution in [-0.2, 0) is 0 Å². The second-order valence-corrected chi connectivity index (χ2v) is 1.12. The number of hydrogen-bond donors (Lipinski definition) is 0. The summed E-state index contributed by atoms with van der Waals surface area (Å²) in [6.07, 6.45) is 1.10. The molecule has 0 saturated carbocycles. The molecule has 0 N–H and O–H groups in total. The van der Waals surface area contributed by atoms with Crippen molar-refractivity contribution in [3.8, 4) is 0 Å². The summed E-state index contributed by atoms with van der Waals surface area (Å²) in [6, 6.07) is 2.25. The maximum atomic E-state index is 11.8. The molecule has 0 aromatic carbocycles. The first-order valence-electron chi connectivity index (χ1n) is 1.85. The summed E-state index contributed by atoms with van der Waals surface area (Å²) in [7, 11) is 0. The quantitative estimate of drug-likeness (QED) is 0.431. The Labute approximate surface area is 40.1 Å². The molecule has 0 atom stereocenters. The molecule has 0 spiro atoms. The van der Waals surface area contributed by atoms with E-state index >= 15 is 0 Å². The SMILES string of the molecule is FC1=CN=C=NC1. The lowest BCUT2D eigenvalue weighted by Crippen LogP contribution is -1.81. The Kier molecular flexibility index (Phi) is 1.00. The van der Waals surface area contributed by atoms with Crippen molar-refractivity contribution in [2.45, 2.75) is 0 Å². The molecule has 36 valence electrons. The summed E-state index contributed by atoms with van der Waals surface area (Å²) in [5, 5.41) is 0. The minimum atomic E-state index is -0.307. The van der Waals surface area contributed by atoms with Gasteiger partial charge in [0, 0.05) is 0 Å². The third-order valence-corrected chi connectivity index (χ3v) is 0.563. The van der Waals surface area contributed by atoms with E-state index in [0.29, 0.717) is 0 Å². The van der Waals surface area contributed by atoms with E-state index < -0.39 is 0 Å². The summed E-state index contributed by atoms with van der Waals surface area (Å²) in [6.45, 7) is 0.101. The number of aliphatic imine (C=N–C) groups is 2. The maximum absolute atomic E-state index is 11.8. The van der Waals surface area contributed by atoms with E-state index in [1.165, 1.54) is 0 Å². The van der Waals surface area contributed by atoms with Crippen LogP contribution >= 0.6 is 0 Å². The van der Waals surface area contributed by atoms with Crippen LogP contribution in [0.4, 0.5) is 4.39 Å². The van der Waals surface area contributed by atoms with Gasteiger partial charge in [0.15, 0.2) is 0 Å². The Hall–Kier alpha value is -0.950.